The molecule has 270 valence electrons. The molecule has 0 saturated heterocycles. The summed E-state index contributed by atoms with van der Waals surface area (Å²) in [6, 6.07) is 72.7. The second-order valence-corrected chi connectivity index (χ2v) is 15.7. The van der Waals surface area contributed by atoms with Gasteiger partial charge in [-0.1, -0.05) is 153 Å². The predicted molar refractivity (Wildman–Crippen MR) is 240 cm³/mol. The first-order valence-electron chi connectivity index (χ1n) is 19.7. The Bertz CT molecular complexity index is 3140. The lowest BCUT2D eigenvalue weighted by Gasteiger charge is -2.26. The molecule has 1 aliphatic carbocycles. The minimum absolute atomic E-state index is 0.0437. The number of nitrogens with zero attached hydrogens (tertiary/aromatic N) is 1. The molecular weight excluding hydrogens is 691 g/mol. The molecule has 10 aromatic rings. The number of furan rings is 1. The van der Waals surface area contributed by atoms with Crippen LogP contribution in [-0.2, 0) is 5.41 Å². The van der Waals surface area contributed by atoms with E-state index in [9.17, 15) is 0 Å². The SMILES string of the molecule is CC1(C)c2ccccc2-c2ccc(-c3ccc(N(c4ccc(-c5cccc(-c6cccc7ccccc67)c5)cc4)c4ccc5oc6ccccc6c5c4)cc3)cc21. The van der Waals surface area contributed by atoms with Crippen molar-refractivity contribution in [1.82, 2.24) is 0 Å². The van der Waals surface area contributed by atoms with Crippen molar-refractivity contribution in [3.8, 4) is 44.5 Å². The molecule has 1 aromatic heterocycles. The average molecular weight is 730 g/mol. The van der Waals surface area contributed by atoms with Gasteiger partial charge in [0.25, 0.3) is 0 Å². The Balaban J connectivity index is 0.979. The van der Waals surface area contributed by atoms with E-state index in [1.807, 2.05) is 12.1 Å². The number of rotatable bonds is 6. The van der Waals surface area contributed by atoms with Crippen LogP contribution in [0.25, 0.3) is 77.2 Å². The van der Waals surface area contributed by atoms with Crippen molar-refractivity contribution in [3.05, 3.63) is 211 Å². The second-order valence-electron chi connectivity index (χ2n) is 15.7. The topological polar surface area (TPSA) is 16.4 Å². The third-order valence-electron chi connectivity index (χ3n) is 12.1. The fourth-order valence-corrected chi connectivity index (χ4v) is 9.13. The van der Waals surface area contributed by atoms with Crippen molar-refractivity contribution in [2.75, 3.05) is 4.90 Å². The molecule has 0 unspecified atom stereocenters. The van der Waals surface area contributed by atoms with Crippen LogP contribution in [-0.4, -0.2) is 0 Å². The molecule has 11 rings (SSSR count). The van der Waals surface area contributed by atoms with Crippen molar-refractivity contribution >= 4 is 49.8 Å². The van der Waals surface area contributed by atoms with E-state index in [0.29, 0.717) is 0 Å². The molecule has 1 aliphatic rings. The molecule has 9 aromatic carbocycles. The summed E-state index contributed by atoms with van der Waals surface area (Å²) in [6.45, 7) is 4.69. The van der Waals surface area contributed by atoms with Crippen molar-refractivity contribution in [2.24, 2.45) is 0 Å². The first-order chi connectivity index (χ1) is 28.0. The third kappa shape index (κ3) is 5.48. The molecule has 0 atom stereocenters. The van der Waals surface area contributed by atoms with Crippen molar-refractivity contribution in [2.45, 2.75) is 19.3 Å². The predicted octanol–water partition coefficient (Wildman–Crippen LogP) is 15.5. The van der Waals surface area contributed by atoms with E-state index in [-0.39, 0.29) is 5.41 Å². The highest BCUT2D eigenvalue weighted by Gasteiger charge is 2.35. The summed E-state index contributed by atoms with van der Waals surface area (Å²) in [5, 5.41) is 4.74. The van der Waals surface area contributed by atoms with Crippen molar-refractivity contribution < 1.29 is 4.42 Å². The Morgan fingerprint density at radius 3 is 1.72 bits per heavy atom. The van der Waals surface area contributed by atoms with E-state index < -0.39 is 0 Å². The fraction of sp³-hybridized carbons (Fsp3) is 0.0545. The van der Waals surface area contributed by atoms with Gasteiger partial charge in [-0.15, -0.1) is 0 Å². The van der Waals surface area contributed by atoms with Crippen LogP contribution in [0, 0.1) is 0 Å². The lowest BCUT2D eigenvalue weighted by atomic mass is 9.81. The second kappa shape index (κ2) is 13.0. The van der Waals surface area contributed by atoms with Crippen molar-refractivity contribution in [1.29, 1.82) is 0 Å². The Morgan fingerprint density at radius 1 is 0.351 bits per heavy atom. The molecule has 57 heavy (non-hydrogen) atoms. The molecule has 2 nitrogen and oxygen atoms in total. The fourth-order valence-electron chi connectivity index (χ4n) is 9.13. The van der Waals surface area contributed by atoms with Gasteiger partial charge < -0.3 is 9.32 Å². The molecule has 2 heteroatoms. The van der Waals surface area contributed by atoms with Crippen LogP contribution in [0.2, 0.25) is 0 Å². The Morgan fingerprint density at radius 2 is 0.912 bits per heavy atom. The number of fused-ring (bicyclic) bond motifs is 7. The Labute approximate surface area is 332 Å². The number of hydrogen-bond acceptors (Lipinski definition) is 2. The van der Waals surface area contributed by atoms with Gasteiger partial charge in [0.2, 0.25) is 0 Å². The maximum Gasteiger partial charge on any atom is 0.135 e. The van der Waals surface area contributed by atoms with E-state index in [0.717, 1.165) is 39.0 Å². The van der Waals surface area contributed by atoms with Gasteiger partial charge in [-0.25, -0.2) is 0 Å². The Kier molecular flexibility index (Phi) is 7.55. The van der Waals surface area contributed by atoms with Crippen LogP contribution in [0.15, 0.2) is 205 Å². The number of benzene rings is 9. The zero-order valence-electron chi connectivity index (χ0n) is 31.9. The molecule has 0 bridgehead atoms. The summed E-state index contributed by atoms with van der Waals surface area (Å²) in [7, 11) is 0. The maximum atomic E-state index is 6.24. The van der Waals surface area contributed by atoms with Gasteiger partial charge in [-0.05, 0) is 127 Å². The molecule has 0 fully saturated rings. The lowest BCUT2D eigenvalue weighted by molar-refractivity contribution is 0.660. The molecule has 0 amide bonds. The number of hydrogen-bond donors (Lipinski definition) is 0. The first-order valence-corrected chi connectivity index (χ1v) is 19.7. The average Bonchev–Trinajstić information content (AvgIpc) is 3.75. The molecular formula is C55H39NO. The van der Waals surface area contributed by atoms with E-state index in [1.54, 1.807) is 0 Å². The Hall–Kier alpha value is -7.16. The van der Waals surface area contributed by atoms with Crippen LogP contribution >= 0.6 is 0 Å². The summed E-state index contributed by atoms with van der Waals surface area (Å²) in [5.74, 6) is 0. The summed E-state index contributed by atoms with van der Waals surface area (Å²) < 4.78 is 6.24. The van der Waals surface area contributed by atoms with Crippen LogP contribution in [0.4, 0.5) is 17.1 Å². The van der Waals surface area contributed by atoms with E-state index in [2.05, 4.69) is 207 Å². The first kappa shape index (κ1) is 33.2. The lowest BCUT2D eigenvalue weighted by Crippen LogP contribution is -2.14. The van der Waals surface area contributed by atoms with Gasteiger partial charge in [0.15, 0.2) is 0 Å². The zero-order valence-corrected chi connectivity index (χ0v) is 31.9. The summed E-state index contributed by atoms with van der Waals surface area (Å²) >= 11 is 0. The van der Waals surface area contributed by atoms with E-state index in [4.69, 9.17) is 4.42 Å². The third-order valence-corrected chi connectivity index (χ3v) is 12.1. The molecule has 1 heterocycles. The van der Waals surface area contributed by atoms with Crippen molar-refractivity contribution in [3.63, 3.8) is 0 Å². The van der Waals surface area contributed by atoms with Crippen LogP contribution in [0.3, 0.4) is 0 Å². The van der Waals surface area contributed by atoms with Gasteiger partial charge in [-0.2, -0.15) is 0 Å². The van der Waals surface area contributed by atoms with E-state index >= 15 is 0 Å². The van der Waals surface area contributed by atoms with Gasteiger partial charge in [0, 0.05) is 33.2 Å². The summed E-state index contributed by atoms with van der Waals surface area (Å²) in [4.78, 5) is 2.35. The summed E-state index contributed by atoms with van der Waals surface area (Å²) in [6.07, 6.45) is 0. The largest absolute Gasteiger partial charge is 0.456 e. The van der Waals surface area contributed by atoms with Gasteiger partial charge in [0.1, 0.15) is 11.2 Å². The summed E-state index contributed by atoms with van der Waals surface area (Å²) in [5.41, 5.74) is 17.7. The standard InChI is InChI=1S/C55H39NO/c1-55(2)51-19-7-5-16-47(51)48-31-25-40(34-52(48)55)37-23-28-43(29-24-37)56(44-30-32-54-50(35-44)49-17-6-8-20-53(49)57-54)42-26-21-36(22-27-42)39-13-9-14-41(33-39)46-18-10-12-38-11-3-4-15-45(38)46/h3-35H,1-2H3. The van der Waals surface area contributed by atoms with Gasteiger partial charge in [-0.3, -0.25) is 0 Å². The zero-order chi connectivity index (χ0) is 38.1. The maximum absolute atomic E-state index is 6.24. The van der Waals surface area contributed by atoms with Crippen LogP contribution < -0.4 is 4.90 Å². The molecule has 0 N–H and O–H groups in total. The number of anilines is 3. The normalized spacial score (nSPS) is 12.9. The highest BCUT2D eigenvalue weighted by molar-refractivity contribution is 6.06. The quantitative estimate of drug-likeness (QED) is 0.169. The smallest absolute Gasteiger partial charge is 0.135 e. The highest BCUT2D eigenvalue weighted by atomic mass is 16.3. The molecule has 0 spiro atoms. The minimum Gasteiger partial charge on any atom is -0.456 e. The van der Waals surface area contributed by atoms with Crippen LogP contribution in [0.1, 0.15) is 25.0 Å². The van der Waals surface area contributed by atoms with E-state index in [1.165, 1.54) is 66.4 Å². The highest BCUT2D eigenvalue weighted by Crippen LogP contribution is 2.50. The minimum atomic E-state index is -0.0437. The van der Waals surface area contributed by atoms with Gasteiger partial charge in [0.05, 0.1) is 0 Å². The molecule has 0 saturated carbocycles. The molecule has 0 radical (unpaired) electrons. The monoisotopic (exact) mass is 729 g/mol. The van der Waals surface area contributed by atoms with Crippen LogP contribution in [0.5, 0.6) is 0 Å². The molecule has 0 aliphatic heterocycles. The van der Waals surface area contributed by atoms with Gasteiger partial charge >= 0.3 is 0 Å². The number of para-hydroxylation sites is 1.